The van der Waals surface area contributed by atoms with Gasteiger partial charge < -0.3 is 9.64 Å². The molecule has 2 atom stereocenters. The Morgan fingerprint density at radius 2 is 2.40 bits per heavy atom. The van der Waals surface area contributed by atoms with Gasteiger partial charge in [-0.15, -0.1) is 11.7 Å². The number of hydrogen-bond donors (Lipinski definition) is 0. The van der Waals surface area contributed by atoms with Crippen molar-refractivity contribution in [3.8, 4) is 5.75 Å². The van der Waals surface area contributed by atoms with Gasteiger partial charge >= 0.3 is 0 Å². The van der Waals surface area contributed by atoms with Gasteiger partial charge in [-0.3, -0.25) is 0 Å². The van der Waals surface area contributed by atoms with Gasteiger partial charge in [0, 0.05) is 6.54 Å². The number of ether oxygens (including phenoxy) is 1. The van der Waals surface area contributed by atoms with Crippen LogP contribution in [0.5, 0.6) is 5.75 Å². The lowest BCUT2D eigenvalue weighted by molar-refractivity contribution is 0.136. The Labute approximate surface area is 126 Å². The molecule has 2 unspecified atom stereocenters. The van der Waals surface area contributed by atoms with Crippen molar-refractivity contribution in [2.24, 2.45) is 10.2 Å². The van der Waals surface area contributed by atoms with Crippen LogP contribution in [0.2, 0.25) is 5.02 Å². The van der Waals surface area contributed by atoms with Crippen molar-refractivity contribution in [3.63, 3.8) is 0 Å². The Morgan fingerprint density at radius 1 is 1.65 bits per heavy atom. The van der Waals surface area contributed by atoms with E-state index in [-0.39, 0.29) is 17.3 Å². The van der Waals surface area contributed by atoms with Crippen molar-refractivity contribution in [1.29, 1.82) is 0 Å². The Balaban J connectivity index is 2.11. The fourth-order valence-corrected chi connectivity index (χ4v) is 2.29. The van der Waals surface area contributed by atoms with Gasteiger partial charge in [0.05, 0.1) is 5.02 Å². The quantitative estimate of drug-likeness (QED) is 0.612. The molecule has 1 heterocycles. The van der Waals surface area contributed by atoms with Crippen molar-refractivity contribution in [3.05, 3.63) is 41.7 Å². The van der Waals surface area contributed by atoms with Gasteiger partial charge in [0.2, 0.25) is 5.11 Å². The van der Waals surface area contributed by atoms with Crippen LogP contribution in [0.4, 0.5) is 4.39 Å². The van der Waals surface area contributed by atoms with Crippen molar-refractivity contribution >= 4 is 28.9 Å². The van der Waals surface area contributed by atoms with Gasteiger partial charge in [0.25, 0.3) is 0 Å². The molecule has 2 rings (SSSR count). The van der Waals surface area contributed by atoms with Crippen molar-refractivity contribution < 1.29 is 9.13 Å². The molecule has 0 bridgehead atoms. The van der Waals surface area contributed by atoms with E-state index in [1.807, 2.05) is 6.92 Å². The van der Waals surface area contributed by atoms with E-state index < -0.39 is 5.82 Å². The normalized spacial score (nSPS) is 19.2. The molecule has 7 heteroatoms. The van der Waals surface area contributed by atoms with Gasteiger partial charge in [-0.05, 0) is 37.3 Å². The number of halogens is 2. The first-order valence-corrected chi connectivity index (χ1v) is 6.75. The maximum Gasteiger partial charge on any atom is 0.218 e. The number of benzene rings is 1. The Morgan fingerprint density at radius 3 is 3.05 bits per heavy atom. The molecule has 0 aromatic heterocycles. The molecule has 0 fully saturated rings. The second-order valence-electron chi connectivity index (χ2n) is 4.25. The summed E-state index contributed by atoms with van der Waals surface area (Å²) >= 11 is 11.0. The number of hydrogen-bond acceptors (Lipinski definition) is 3. The van der Waals surface area contributed by atoms with Gasteiger partial charge in [-0.1, -0.05) is 17.7 Å². The van der Waals surface area contributed by atoms with Crippen LogP contribution in [0.1, 0.15) is 6.92 Å². The minimum atomic E-state index is -0.412. The molecule has 106 valence electrons. The second kappa shape index (κ2) is 6.28. The zero-order valence-electron chi connectivity index (χ0n) is 10.8. The average molecular weight is 314 g/mol. The minimum Gasteiger partial charge on any atom is -0.485 e. The summed E-state index contributed by atoms with van der Waals surface area (Å²) in [5, 5.41) is 8.57. The Bertz CT molecular complexity index is 567. The summed E-state index contributed by atoms with van der Waals surface area (Å²) in [6.45, 7) is 6.03. The van der Waals surface area contributed by atoms with Gasteiger partial charge in [-0.2, -0.15) is 5.11 Å². The molecule has 0 radical (unpaired) electrons. The molecule has 0 aliphatic carbocycles. The predicted octanol–water partition coefficient (Wildman–Crippen LogP) is 3.81. The topological polar surface area (TPSA) is 37.2 Å². The molecule has 0 saturated carbocycles. The highest BCUT2D eigenvalue weighted by molar-refractivity contribution is 7.80. The van der Waals surface area contributed by atoms with Crippen molar-refractivity contribution in [2.45, 2.75) is 19.2 Å². The molecular weight excluding hydrogens is 301 g/mol. The largest absolute Gasteiger partial charge is 0.485 e. The lowest BCUT2D eigenvalue weighted by Gasteiger charge is -2.27. The highest BCUT2D eigenvalue weighted by atomic mass is 35.5. The standard InChI is InChI=1S/C13H13ClFN3OS/c1-3-6-18-12(16-17-13(18)20)8(2)19-11-5-4-9(15)7-10(11)14/h3-5,7-8,12H,1,6H2,2H3. The summed E-state index contributed by atoms with van der Waals surface area (Å²) in [5.74, 6) is -0.0165. The van der Waals surface area contributed by atoms with Crippen molar-refractivity contribution in [2.75, 3.05) is 6.54 Å². The third-order valence-electron chi connectivity index (χ3n) is 2.78. The fraction of sp³-hybridized carbons (Fsp3) is 0.308. The SMILES string of the molecule is C=CCN1C(=S)N=NC1C(C)Oc1ccc(F)cc1Cl. The number of thiocarbonyl (C=S) groups is 1. The maximum atomic E-state index is 13.0. The minimum absolute atomic E-state index is 0.213. The lowest BCUT2D eigenvalue weighted by atomic mass is 10.2. The second-order valence-corrected chi connectivity index (χ2v) is 5.02. The fourth-order valence-electron chi connectivity index (χ4n) is 1.85. The molecule has 4 nitrogen and oxygen atoms in total. The first kappa shape index (κ1) is 14.9. The third kappa shape index (κ3) is 3.13. The Kier molecular flexibility index (Phi) is 4.67. The van der Waals surface area contributed by atoms with Crippen LogP contribution < -0.4 is 4.74 Å². The number of azo groups is 1. The monoisotopic (exact) mass is 313 g/mol. The van der Waals surface area contributed by atoms with Crippen LogP contribution in [0.25, 0.3) is 0 Å². The summed E-state index contributed by atoms with van der Waals surface area (Å²) in [6, 6.07) is 3.97. The molecule has 20 heavy (non-hydrogen) atoms. The van der Waals surface area contributed by atoms with E-state index in [1.165, 1.54) is 18.2 Å². The van der Waals surface area contributed by atoms with Crippen LogP contribution in [0.3, 0.4) is 0 Å². The van der Waals surface area contributed by atoms with E-state index in [2.05, 4.69) is 16.8 Å². The molecular formula is C13H13ClFN3OS. The summed E-state index contributed by atoms with van der Waals surface area (Å²) in [6.07, 6.45) is 1.02. The van der Waals surface area contributed by atoms with Gasteiger partial charge in [-0.25, -0.2) is 4.39 Å². The molecule has 1 aliphatic heterocycles. The molecule has 1 aromatic carbocycles. The van der Waals surface area contributed by atoms with E-state index in [0.29, 0.717) is 17.4 Å². The highest BCUT2D eigenvalue weighted by Crippen LogP contribution is 2.28. The summed E-state index contributed by atoms with van der Waals surface area (Å²) < 4.78 is 18.7. The molecule has 0 spiro atoms. The Hall–Kier alpha value is -1.53. The lowest BCUT2D eigenvalue weighted by Crippen LogP contribution is -2.42. The van der Waals surface area contributed by atoms with E-state index in [4.69, 9.17) is 28.6 Å². The van der Waals surface area contributed by atoms with Crippen LogP contribution >= 0.6 is 23.8 Å². The van der Waals surface area contributed by atoms with Gasteiger partial charge in [0.15, 0.2) is 6.17 Å². The summed E-state index contributed by atoms with van der Waals surface area (Å²) in [4.78, 5) is 1.80. The van der Waals surface area contributed by atoms with Crippen molar-refractivity contribution in [1.82, 2.24) is 4.90 Å². The maximum absolute atomic E-state index is 13.0. The predicted molar refractivity (Wildman–Crippen MR) is 79.6 cm³/mol. The smallest absolute Gasteiger partial charge is 0.218 e. The molecule has 0 amide bonds. The van der Waals surface area contributed by atoms with E-state index in [9.17, 15) is 4.39 Å². The van der Waals surface area contributed by atoms with Crippen LogP contribution in [0, 0.1) is 5.82 Å². The molecule has 0 N–H and O–H groups in total. The zero-order valence-corrected chi connectivity index (χ0v) is 12.4. The summed E-state index contributed by atoms with van der Waals surface area (Å²) in [5.41, 5.74) is 0. The molecule has 1 aromatic rings. The average Bonchev–Trinajstić information content (AvgIpc) is 2.75. The highest BCUT2D eigenvalue weighted by Gasteiger charge is 2.32. The van der Waals surface area contributed by atoms with E-state index >= 15 is 0 Å². The third-order valence-corrected chi connectivity index (χ3v) is 3.39. The van der Waals surface area contributed by atoms with Gasteiger partial charge in [0.1, 0.15) is 17.7 Å². The van der Waals surface area contributed by atoms with E-state index in [1.54, 1.807) is 11.0 Å². The number of nitrogens with zero attached hydrogens (tertiary/aromatic N) is 3. The molecule has 0 saturated heterocycles. The van der Waals surface area contributed by atoms with Crippen LogP contribution in [-0.4, -0.2) is 28.8 Å². The number of rotatable bonds is 5. The first-order valence-electron chi connectivity index (χ1n) is 5.97. The van der Waals surface area contributed by atoms with E-state index in [0.717, 1.165) is 0 Å². The molecule has 1 aliphatic rings. The first-order chi connectivity index (χ1) is 9.52. The van der Waals surface area contributed by atoms with Crippen LogP contribution in [-0.2, 0) is 0 Å². The zero-order chi connectivity index (χ0) is 14.7. The summed E-state index contributed by atoms with van der Waals surface area (Å²) in [7, 11) is 0. The van der Waals surface area contributed by atoms with Crippen LogP contribution in [0.15, 0.2) is 41.1 Å².